The summed E-state index contributed by atoms with van der Waals surface area (Å²) in [6.07, 6.45) is 7.54. The monoisotopic (exact) mass is 309 g/mol. The molecule has 0 bridgehead atoms. The summed E-state index contributed by atoms with van der Waals surface area (Å²) in [5.74, 6) is 1.40. The van der Waals surface area contributed by atoms with Crippen molar-refractivity contribution in [2.45, 2.75) is 49.5 Å². The summed E-state index contributed by atoms with van der Waals surface area (Å²) < 4.78 is 31.8. The number of methoxy groups -OCH3 is 1. The first-order valence-corrected chi connectivity index (χ1v) is 9.21. The molecule has 1 heterocycles. The Hall–Kier alpha value is -1.07. The van der Waals surface area contributed by atoms with E-state index >= 15 is 0 Å². The van der Waals surface area contributed by atoms with Crippen molar-refractivity contribution in [2.75, 3.05) is 13.7 Å². The van der Waals surface area contributed by atoms with Crippen molar-refractivity contribution >= 4 is 10.0 Å². The quantitative estimate of drug-likeness (QED) is 0.785. The lowest BCUT2D eigenvalue weighted by molar-refractivity contribution is 0.331. The Morgan fingerprint density at radius 2 is 1.81 bits per heavy atom. The number of hydrogen-bond acceptors (Lipinski definition) is 3. The second-order valence-electron chi connectivity index (χ2n) is 6.14. The van der Waals surface area contributed by atoms with E-state index in [2.05, 4.69) is 0 Å². The molecule has 1 saturated carbocycles. The summed E-state index contributed by atoms with van der Waals surface area (Å²) >= 11 is 0. The van der Waals surface area contributed by atoms with Gasteiger partial charge in [-0.25, -0.2) is 8.42 Å². The lowest BCUT2D eigenvalue weighted by atomic mass is 9.86. The Kier molecular flexibility index (Phi) is 4.22. The van der Waals surface area contributed by atoms with E-state index < -0.39 is 10.0 Å². The molecule has 2 fully saturated rings. The average molecular weight is 309 g/mol. The first-order chi connectivity index (χ1) is 10.1. The third-order valence-corrected chi connectivity index (χ3v) is 6.59. The highest BCUT2D eigenvalue weighted by atomic mass is 32.2. The van der Waals surface area contributed by atoms with Gasteiger partial charge in [0.05, 0.1) is 12.0 Å². The zero-order chi connectivity index (χ0) is 14.9. The third-order valence-electron chi connectivity index (χ3n) is 4.66. The van der Waals surface area contributed by atoms with E-state index in [4.69, 9.17) is 4.74 Å². The van der Waals surface area contributed by atoms with Crippen LogP contribution in [0.25, 0.3) is 0 Å². The predicted octanol–water partition coefficient (Wildman–Crippen LogP) is 3.04. The molecule has 3 rings (SSSR count). The molecule has 1 aliphatic heterocycles. The molecule has 2 atom stereocenters. The number of hydrogen-bond donors (Lipinski definition) is 0. The summed E-state index contributed by atoms with van der Waals surface area (Å²) in [6.45, 7) is 0.685. The fourth-order valence-electron chi connectivity index (χ4n) is 3.34. The van der Waals surface area contributed by atoms with Gasteiger partial charge in [0, 0.05) is 12.6 Å². The lowest BCUT2D eigenvalue weighted by Gasteiger charge is -2.21. The molecule has 0 aromatic heterocycles. The summed E-state index contributed by atoms with van der Waals surface area (Å²) in [5.41, 5.74) is 0. The predicted molar refractivity (Wildman–Crippen MR) is 81.9 cm³/mol. The van der Waals surface area contributed by atoms with E-state index in [1.165, 1.54) is 32.1 Å². The summed E-state index contributed by atoms with van der Waals surface area (Å²) in [6, 6.07) is 6.88. The van der Waals surface area contributed by atoms with Crippen molar-refractivity contribution in [3.8, 4) is 5.75 Å². The van der Waals surface area contributed by atoms with E-state index in [0.717, 1.165) is 12.3 Å². The van der Waals surface area contributed by atoms with Crippen LogP contribution < -0.4 is 4.74 Å². The minimum atomic E-state index is -3.31. The highest BCUT2D eigenvalue weighted by Crippen LogP contribution is 2.36. The summed E-state index contributed by atoms with van der Waals surface area (Å²) in [4.78, 5) is 0.370. The van der Waals surface area contributed by atoms with Gasteiger partial charge in [-0.3, -0.25) is 0 Å². The molecule has 4 nitrogen and oxygen atoms in total. The van der Waals surface area contributed by atoms with Crippen LogP contribution in [0.15, 0.2) is 29.2 Å². The van der Waals surface area contributed by atoms with Crippen LogP contribution in [-0.2, 0) is 10.0 Å². The minimum Gasteiger partial charge on any atom is -0.497 e. The maximum absolute atomic E-state index is 12.5. The maximum Gasteiger partial charge on any atom is 0.243 e. The van der Waals surface area contributed by atoms with Gasteiger partial charge in [0.15, 0.2) is 0 Å². The Morgan fingerprint density at radius 1 is 1.14 bits per heavy atom. The fraction of sp³-hybridized carbons (Fsp3) is 0.625. The van der Waals surface area contributed by atoms with Gasteiger partial charge >= 0.3 is 0 Å². The highest BCUT2D eigenvalue weighted by molar-refractivity contribution is 7.89. The van der Waals surface area contributed by atoms with Crippen LogP contribution in [0.4, 0.5) is 0 Å². The van der Waals surface area contributed by atoms with Gasteiger partial charge in [0.1, 0.15) is 5.75 Å². The number of nitrogens with zero attached hydrogens (tertiary/aromatic N) is 1. The molecule has 116 valence electrons. The topological polar surface area (TPSA) is 46.4 Å². The highest BCUT2D eigenvalue weighted by Gasteiger charge is 2.45. The summed E-state index contributed by atoms with van der Waals surface area (Å²) in [7, 11) is -1.74. The van der Waals surface area contributed by atoms with Gasteiger partial charge < -0.3 is 4.74 Å². The molecule has 2 aliphatic rings. The van der Waals surface area contributed by atoms with E-state index in [9.17, 15) is 8.42 Å². The van der Waals surface area contributed by atoms with E-state index in [0.29, 0.717) is 17.2 Å². The van der Waals surface area contributed by atoms with E-state index in [1.54, 1.807) is 35.7 Å². The fourth-order valence-corrected chi connectivity index (χ4v) is 4.94. The molecule has 2 unspecified atom stereocenters. The number of sulfonamides is 1. The Balaban J connectivity index is 1.63. The number of ether oxygens (including phenoxy) is 1. The molecule has 0 amide bonds. The zero-order valence-electron chi connectivity index (χ0n) is 12.5. The molecule has 1 saturated heterocycles. The maximum atomic E-state index is 12.5. The number of benzene rings is 1. The first-order valence-electron chi connectivity index (χ1n) is 7.77. The molecular formula is C16H23NO3S. The van der Waals surface area contributed by atoms with Crippen LogP contribution in [0.3, 0.4) is 0 Å². The zero-order valence-corrected chi connectivity index (χ0v) is 13.3. The average Bonchev–Trinajstić information content (AvgIpc) is 3.28. The smallest absolute Gasteiger partial charge is 0.243 e. The van der Waals surface area contributed by atoms with Crippen LogP contribution in [0.2, 0.25) is 0 Å². The second kappa shape index (κ2) is 5.97. The van der Waals surface area contributed by atoms with Gasteiger partial charge in [-0.15, -0.1) is 0 Å². The van der Waals surface area contributed by atoms with Crippen LogP contribution in [-0.4, -0.2) is 32.4 Å². The molecule has 1 aliphatic carbocycles. The standard InChI is InChI=1S/C16H23NO3S/c1-20-15-7-9-16(10-8-15)21(18,19)17-12-14(17)11-13-5-3-2-4-6-13/h7-10,13-14H,2-6,11-12H2,1H3. The lowest BCUT2D eigenvalue weighted by Crippen LogP contribution is -2.17. The molecule has 21 heavy (non-hydrogen) atoms. The van der Waals surface area contributed by atoms with Crippen molar-refractivity contribution in [3.05, 3.63) is 24.3 Å². The minimum absolute atomic E-state index is 0.222. The van der Waals surface area contributed by atoms with Crippen LogP contribution in [0, 0.1) is 5.92 Å². The van der Waals surface area contributed by atoms with Gasteiger partial charge in [0.25, 0.3) is 0 Å². The third kappa shape index (κ3) is 3.24. The van der Waals surface area contributed by atoms with E-state index in [-0.39, 0.29) is 6.04 Å². The molecule has 0 radical (unpaired) electrons. The van der Waals surface area contributed by atoms with Crippen LogP contribution in [0.1, 0.15) is 38.5 Å². The Labute approximate surface area is 127 Å². The van der Waals surface area contributed by atoms with Crippen molar-refractivity contribution in [3.63, 3.8) is 0 Å². The summed E-state index contributed by atoms with van der Waals surface area (Å²) in [5, 5.41) is 0. The van der Waals surface area contributed by atoms with Gasteiger partial charge in [-0.05, 0) is 36.6 Å². The molecule has 1 aromatic carbocycles. The van der Waals surface area contributed by atoms with Crippen molar-refractivity contribution in [1.82, 2.24) is 4.31 Å². The Morgan fingerprint density at radius 3 is 2.43 bits per heavy atom. The normalized spacial score (nSPS) is 26.5. The van der Waals surface area contributed by atoms with Crippen molar-refractivity contribution < 1.29 is 13.2 Å². The SMILES string of the molecule is COc1ccc(S(=O)(=O)N2CC2CC2CCCCC2)cc1. The molecule has 1 aromatic rings. The van der Waals surface area contributed by atoms with Gasteiger partial charge in [-0.2, -0.15) is 4.31 Å². The van der Waals surface area contributed by atoms with Crippen LogP contribution in [0.5, 0.6) is 5.75 Å². The van der Waals surface area contributed by atoms with Crippen molar-refractivity contribution in [2.24, 2.45) is 5.92 Å². The number of rotatable bonds is 5. The van der Waals surface area contributed by atoms with Crippen LogP contribution >= 0.6 is 0 Å². The van der Waals surface area contributed by atoms with Gasteiger partial charge in [0.2, 0.25) is 10.0 Å². The van der Waals surface area contributed by atoms with E-state index in [1.807, 2.05) is 0 Å². The largest absolute Gasteiger partial charge is 0.497 e. The molecule has 5 heteroatoms. The first kappa shape index (κ1) is 14.9. The Bertz CT molecular complexity index is 576. The second-order valence-corrected chi connectivity index (χ2v) is 8.03. The van der Waals surface area contributed by atoms with Gasteiger partial charge in [-0.1, -0.05) is 32.1 Å². The molecular weight excluding hydrogens is 286 g/mol. The molecule has 0 spiro atoms. The van der Waals surface area contributed by atoms with Crippen molar-refractivity contribution in [1.29, 1.82) is 0 Å². The molecule has 0 N–H and O–H groups in total.